The summed E-state index contributed by atoms with van der Waals surface area (Å²) in [7, 11) is 0. The van der Waals surface area contributed by atoms with Crippen LogP contribution in [0.3, 0.4) is 0 Å². The second-order valence-corrected chi connectivity index (χ2v) is 6.58. The number of Topliss-reactive ketones (excluding diaryl/α,β-unsaturated/α-hetero) is 1. The van der Waals surface area contributed by atoms with E-state index in [1.54, 1.807) is 6.07 Å². The Morgan fingerprint density at radius 1 is 1.03 bits per heavy atom. The normalized spacial score (nSPS) is 16.2. The second kappa shape index (κ2) is 7.32. The number of nitrogens with two attached hydrogens (primary N) is 1. The molecule has 0 fully saturated rings. The van der Waals surface area contributed by atoms with Crippen LogP contribution in [0.1, 0.15) is 32.5 Å². The van der Waals surface area contributed by atoms with Gasteiger partial charge in [-0.3, -0.25) is 19.3 Å². The van der Waals surface area contributed by atoms with Crippen molar-refractivity contribution in [3.05, 3.63) is 101 Å². The highest BCUT2D eigenvalue weighted by atomic mass is 19.1. The van der Waals surface area contributed by atoms with Crippen molar-refractivity contribution in [3.8, 4) is 0 Å². The van der Waals surface area contributed by atoms with Gasteiger partial charge in [-0.05, 0) is 42.5 Å². The first-order valence-corrected chi connectivity index (χ1v) is 8.89. The van der Waals surface area contributed by atoms with Gasteiger partial charge >= 0.3 is 0 Å². The number of carbonyl (C=O) groups excluding carboxylic acids is 3. The molecule has 1 unspecified atom stereocenters. The number of rotatable bonds is 5. The lowest BCUT2D eigenvalue weighted by Gasteiger charge is -2.27. The van der Waals surface area contributed by atoms with Crippen molar-refractivity contribution < 1.29 is 28.3 Å². The highest BCUT2D eigenvalue weighted by Crippen LogP contribution is 2.42. The van der Waals surface area contributed by atoms with E-state index < -0.39 is 35.2 Å². The van der Waals surface area contributed by atoms with Crippen LogP contribution in [0.15, 0.2) is 82.7 Å². The maximum atomic E-state index is 14.7. The van der Waals surface area contributed by atoms with Crippen LogP contribution in [-0.2, 0) is 4.79 Å². The second-order valence-electron chi connectivity index (χ2n) is 6.58. The third kappa shape index (κ3) is 3.04. The number of halogens is 1. The van der Waals surface area contributed by atoms with Gasteiger partial charge in [0.2, 0.25) is 11.7 Å². The average molecular weight is 406 g/mol. The third-order valence-electron chi connectivity index (χ3n) is 4.83. The average Bonchev–Trinajstić information content (AvgIpc) is 3.36. The summed E-state index contributed by atoms with van der Waals surface area (Å²) in [6, 6.07) is 12.9. The molecule has 1 aliphatic heterocycles. The van der Waals surface area contributed by atoms with Gasteiger partial charge in [-0.2, -0.15) is 0 Å². The molecule has 2 aromatic carbocycles. The predicted molar refractivity (Wildman–Crippen MR) is 104 cm³/mol. The Kier molecular flexibility index (Phi) is 4.67. The van der Waals surface area contributed by atoms with Crippen LogP contribution in [0.4, 0.5) is 10.1 Å². The van der Waals surface area contributed by atoms with Gasteiger partial charge in [0, 0.05) is 16.8 Å². The Bertz CT molecular complexity index is 1180. The molecule has 3 N–H and O–H groups in total. The number of carbonyl (C=O) groups is 3. The Morgan fingerprint density at radius 3 is 2.33 bits per heavy atom. The molecule has 0 saturated heterocycles. The molecule has 0 saturated carbocycles. The van der Waals surface area contributed by atoms with Crippen molar-refractivity contribution in [2.75, 3.05) is 4.90 Å². The van der Waals surface area contributed by atoms with Crippen molar-refractivity contribution in [3.63, 3.8) is 0 Å². The fourth-order valence-electron chi connectivity index (χ4n) is 3.42. The SMILES string of the molecule is NC(=O)c1ccc(N2C(=O)C(O)=C(C(=O)c3ccco3)C2c2ccccc2F)cc1. The van der Waals surface area contributed by atoms with E-state index in [9.17, 15) is 23.9 Å². The van der Waals surface area contributed by atoms with Gasteiger partial charge in [0.05, 0.1) is 17.9 Å². The molecule has 7 nitrogen and oxygen atoms in total. The zero-order valence-corrected chi connectivity index (χ0v) is 15.4. The molecular formula is C22H15FN2O5. The first-order valence-electron chi connectivity index (χ1n) is 8.89. The number of hydrogen-bond donors (Lipinski definition) is 2. The minimum absolute atomic E-state index is 0.0174. The summed E-state index contributed by atoms with van der Waals surface area (Å²) in [5, 5.41) is 10.6. The molecule has 30 heavy (non-hydrogen) atoms. The quantitative estimate of drug-likeness (QED) is 0.631. The summed E-state index contributed by atoms with van der Waals surface area (Å²) < 4.78 is 19.8. The van der Waals surface area contributed by atoms with E-state index in [4.69, 9.17) is 10.2 Å². The van der Waals surface area contributed by atoms with E-state index in [-0.39, 0.29) is 28.1 Å². The molecular weight excluding hydrogens is 391 g/mol. The van der Waals surface area contributed by atoms with E-state index in [0.717, 1.165) is 4.90 Å². The summed E-state index contributed by atoms with van der Waals surface area (Å²) in [6.45, 7) is 0. The number of anilines is 1. The van der Waals surface area contributed by atoms with Crippen molar-refractivity contribution in [1.82, 2.24) is 0 Å². The maximum absolute atomic E-state index is 14.7. The number of aliphatic hydroxyl groups excluding tert-OH is 1. The zero-order valence-electron chi connectivity index (χ0n) is 15.4. The monoisotopic (exact) mass is 406 g/mol. The van der Waals surface area contributed by atoms with Crippen molar-refractivity contribution in [2.45, 2.75) is 6.04 Å². The molecule has 8 heteroatoms. The Hall–Kier alpha value is -4.20. The van der Waals surface area contributed by atoms with Crippen LogP contribution < -0.4 is 10.6 Å². The standard InChI is InChI=1S/C22H15FN2O5/c23-15-5-2-1-4-14(15)18-17(19(26)16-6-3-11-30-16)20(27)22(29)25(18)13-9-7-12(8-10-13)21(24)28/h1-11,18,27H,(H2,24,28). The Balaban J connectivity index is 1.88. The van der Waals surface area contributed by atoms with E-state index in [2.05, 4.69) is 0 Å². The largest absolute Gasteiger partial charge is 0.503 e. The molecule has 0 spiro atoms. The van der Waals surface area contributed by atoms with E-state index in [0.29, 0.717) is 0 Å². The maximum Gasteiger partial charge on any atom is 0.294 e. The molecule has 150 valence electrons. The summed E-state index contributed by atoms with van der Waals surface area (Å²) in [5.41, 5.74) is 5.41. The van der Waals surface area contributed by atoms with Gasteiger partial charge in [-0.15, -0.1) is 0 Å². The molecule has 1 atom stereocenters. The van der Waals surface area contributed by atoms with Gasteiger partial charge in [-0.25, -0.2) is 4.39 Å². The summed E-state index contributed by atoms with van der Waals surface area (Å²) in [4.78, 5) is 38.4. The topological polar surface area (TPSA) is 114 Å². The number of aliphatic hydroxyl groups is 1. The lowest BCUT2D eigenvalue weighted by Crippen LogP contribution is -2.31. The lowest BCUT2D eigenvalue weighted by atomic mass is 9.94. The summed E-state index contributed by atoms with van der Waals surface area (Å²) in [5.74, 6) is -3.84. The Labute approximate surface area is 169 Å². The van der Waals surface area contributed by atoms with E-state index >= 15 is 0 Å². The van der Waals surface area contributed by atoms with Gasteiger partial charge in [0.15, 0.2) is 11.5 Å². The van der Waals surface area contributed by atoms with Crippen molar-refractivity contribution >= 4 is 23.3 Å². The number of nitrogens with zero attached hydrogens (tertiary/aromatic N) is 1. The fourth-order valence-corrected chi connectivity index (χ4v) is 3.42. The van der Waals surface area contributed by atoms with Crippen molar-refractivity contribution in [2.24, 2.45) is 5.73 Å². The number of furan rings is 1. The molecule has 0 aliphatic carbocycles. The van der Waals surface area contributed by atoms with Crippen molar-refractivity contribution in [1.29, 1.82) is 0 Å². The highest BCUT2D eigenvalue weighted by Gasteiger charge is 2.46. The summed E-state index contributed by atoms with van der Waals surface area (Å²) in [6.07, 6.45) is 1.28. The van der Waals surface area contributed by atoms with Crippen LogP contribution in [0, 0.1) is 5.82 Å². The molecule has 2 amide bonds. The van der Waals surface area contributed by atoms with E-state index in [1.807, 2.05) is 0 Å². The molecule has 1 aromatic heterocycles. The van der Waals surface area contributed by atoms with Crippen LogP contribution >= 0.6 is 0 Å². The van der Waals surface area contributed by atoms with Crippen LogP contribution in [0.5, 0.6) is 0 Å². The van der Waals surface area contributed by atoms with Crippen LogP contribution in [0.25, 0.3) is 0 Å². The first-order chi connectivity index (χ1) is 14.4. The number of primary amides is 1. The first kappa shape index (κ1) is 19.1. The van der Waals surface area contributed by atoms with Gasteiger partial charge in [-0.1, -0.05) is 18.2 Å². The Morgan fingerprint density at radius 2 is 1.73 bits per heavy atom. The summed E-state index contributed by atoms with van der Waals surface area (Å²) >= 11 is 0. The number of benzene rings is 2. The van der Waals surface area contributed by atoms with Gasteiger partial charge in [0.1, 0.15) is 5.82 Å². The smallest absolute Gasteiger partial charge is 0.294 e. The highest BCUT2D eigenvalue weighted by molar-refractivity contribution is 6.20. The molecule has 0 bridgehead atoms. The van der Waals surface area contributed by atoms with Gasteiger partial charge in [0.25, 0.3) is 5.91 Å². The third-order valence-corrected chi connectivity index (χ3v) is 4.83. The molecule has 3 aromatic rings. The molecule has 1 aliphatic rings. The zero-order chi connectivity index (χ0) is 21.4. The van der Waals surface area contributed by atoms with Crippen LogP contribution in [0.2, 0.25) is 0 Å². The molecule has 0 radical (unpaired) electrons. The fraction of sp³-hybridized carbons (Fsp3) is 0.0455. The molecule has 2 heterocycles. The predicted octanol–water partition coefficient (Wildman–Crippen LogP) is 3.30. The minimum Gasteiger partial charge on any atom is -0.503 e. The lowest BCUT2D eigenvalue weighted by molar-refractivity contribution is -0.117. The number of hydrogen-bond acceptors (Lipinski definition) is 5. The minimum atomic E-state index is -1.24. The van der Waals surface area contributed by atoms with Gasteiger partial charge < -0.3 is 15.3 Å². The number of ketones is 1. The van der Waals surface area contributed by atoms with Crippen LogP contribution in [-0.4, -0.2) is 22.7 Å². The molecule has 4 rings (SSSR count). The number of amides is 2. The van der Waals surface area contributed by atoms with E-state index in [1.165, 1.54) is 60.9 Å².